The smallest absolute Gasteiger partial charge is 0.124 e. The second-order valence-corrected chi connectivity index (χ2v) is 4.97. The van der Waals surface area contributed by atoms with Crippen molar-refractivity contribution >= 4 is 11.6 Å². The molecule has 0 aromatic heterocycles. The van der Waals surface area contributed by atoms with Gasteiger partial charge in [-0.1, -0.05) is 42.3 Å². The van der Waals surface area contributed by atoms with Gasteiger partial charge in [0.1, 0.15) is 5.82 Å². The largest absolute Gasteiger partial charge is 0.313 e. The molecule has 0 radical (unpaired) electrons. The number of aryl methyl sites for hydroxylation is 1. The van der Waals surface area contributed by atoms with E-state index in [-0.39, 0.29) is 5.82 Å². The number of rotatable bonds is 4. The summed E-state index contributed by atoms with van der Waals surface area (Å²) in [7, 11) is 0. The van der Waals surface area contributed by atoms with E-state index < -0.39 is 0 Å². The first-order valence-electron chi connectivity index (χ1n) is 6.37. The third kappa shape index (κ3) is 3.34. The summed E-state index contributed by atoms with van der Waals surface area (Å²) >= 11 is 6.16. The van der Waals surface area contributed by atoms with Crippen LogP contribution in [0.5, 0.6) is 0 Å². The minimum atomic E-state index is -0.311. The molecule has 0 atom stereocenters. The molecule has 100 valence electrons. The van der Waals surface area contributed by atoms with Gasteiger partial charge in [-0.05, 0) is 42.8 Å². The zero-order valence-electron chi connectivity index (χ0n) is 11.1. The molecule has 0 spiro atoms. The van der Waals surface area contributed by atoms with Crippen LogP contribution in [0.4, 0.5) is 4.39 Å². The summed E-state index contributed by atoms with van der Waals surface area (Å²) in [6.45, 7) is 5.79. The first kappa shape index (κ1) is 14.0. The number of nitrogens with one attached hydrogen (secondary N) is 1. The molecule has 2 aromatic carbocycles. The monoisotopic (exact) mass is 277 g/mol. The number of halogens is 2. The van der Waals surface area contributed by atoms with Gasteiger partial charge in [0.15, 0.2) is 0 Å². The van der Waals surface area contributed by atoms with Gasteiger partial charge in [-0.2, -0.15) is 0 Å². The van der Waals surface area contributed by atoms with Crippen molar-refractivity contribution in [3.8, 4) is 11.1 Å². The van der Waals surface area contributed by atoms with Crippen LogP contribution in [0.25, 0.3) is 11.1 Å². The molecule has 0 heterocycles. The fourth-order valence-electron chi connectivity index (χ4n) is 2.06. The zero-order chi connectivity index (χ0) is 13.8. The fourth-order valence-corrected chi connectivity index (χ4v) is 2.33. The highest BCUT2D eigenvalue weighted by Gasteiger charge is 2.09. The minimum absolute atomic E-state index is 0.311. The molecule has 0 unspecified atom stereocenters. The predicted molar refractivity (Wildman–Crippen MR) is 79.0 cm³/mol. The molecule has 0 saturated heterocycles. The van der Waals surface area contributed by atoms with E-state index in [4.69, 9.17) is 11.6 Å². The van der Waals surface area contributed by atoms with Crippen LogP contribution in [0.2, 0.25) is 5.02 Å². The van der Waals surface area contributed by atoms with Crippen molar-refractivity contribution in [3.05, 3.63) is 58.4 Å². The van der Waals surface area contributed by atoms with E-state index in [9.17, 15) is 4.39 Å². The summed E-state index contributed by atoms with van der Waals surface area (Å²) < 4.78 is 13.1. The molecule has 3 heteroatoms. The van der Waals surface area contributed by atoms with Gasteiger partial charge in [-0.3, -0.25) is 0 Å². The summed E-state index contributed by atoms with van der Waals surface area (Å²) in [5, 5.41) is 3.76. The van der Waals surface area contributed by atoms with Crippen molar-refractivity contribution in [2.24, 2.45) is 0 Å². The van der Waals surface area contributed by atoms with Gasteiger partial charge in [0.25, 0.3) is 0 Å². The van der Waals surface area contributed by atoms with Crippen LogP contribution in [0.15, 0.2) is 36.4 Å². The lowest BCUT2D eigenvalue weighted by Gasteiger charge is -2.13. The van der Waals surface area contributed by atoms with Crippen molar-refractivity contribution in [1.82, 2.24) is 5.32 Å². The minimum Gasteiger partial charge on any atom is -0.313 e. The first-order chi connectivity index (χ1) is 9.11. The average Bonchev–Trinajstić information content (AvgIpc) is 2.37. The standard InChI is InChI=1S/C16H17ClFN/c1-3-19-10-12-5-4-11(2)8-15(12)14-7-6-13(18)9-16(14)17/h4-9,19H,3,10H2,1-2H3. The molecule has 0 aliphatic carbocycles. The Kier molecular flexibility index (Phi) is 4.56. The molecule has 2 rings (SSSR count). The average molecular weight is 278 g/mol. The van der Waals surface area contributed by atoms with Crippen molar-refractivity contribution in [1.29, 1.82) is 0 Å². The number of benzene rings is 2. The normalized spacial score (nSPS) is 10.7. The lowest BCUT2D eigenvalue weighted by molar-refractivity contribution is 0.628. The number of hydrogen-bond donors (Lipinski definition) is 1. The van der Waals surface area contributed by atoms with Gasteiger partial charge in [-0.25, -0.2) is 4.39 Å². The molecular weight excluding hydrogens is 261 g/mol. The Morgan fingerprint density at radius 3 is 2.58 bits per heavy atom. The van der Waals surface area contributed by atoms with Crippen molar-refractivity contribution in [2.45, 2.75) is 20.4 Å². The molecule has 19 heavy (non-hydrogen) atoms. The van der Waals surface area contributed by atoms with Crippen molar-refractivity contribution in [3.63, 3.8) is 0 Å². The molecule has 1 nitrogen and oxygen atoms in total. The highest BCUT2D eigenvalue weighted by molar-refractivity contribution is 6.33. The van der Waals surface area contributed by atoms with Gasteiger partial charge < -0.3 is 5.32 Å². The molecule has 0 fully saturated rings. The second kappa shape index (κ2) is 6.18. The Hall–Kier alpha value is -1.38. The van der Waals surface area contributed by atoms with Crippen LogP contribution < -0.4 is 5.32 Å². The molecule has 2 aromatic rings. The van der Waals surface area contributed by atoms with Crippen LogP contribution in [-0.2, 0) is 6.54 Å². The lowest BCUT2D eigenvalue weighted by Crippen LogP contribution is -2.12. The summed E-state index contributed by atoms with van der Waals surface area (Å²) in [4.78, 5) is 0. The Morgan fingerprint density at radius 1 is 1.11 bits per heavy atom. The summed E-state index contributed by atoms with van der Waals surface area (Å²) in [6, 6.07) is 10.8. The van der Waals surface area contributed by atoms with E-state index in [1.54, 1.807) is 6.07 Å². The molecule has 0 aliphatic rings. The van der Waals surface area contributed by atoms with E-state index in [1.165, 1.54) is 17.7 Å². The maximum atomic E-state index is 13.1. The SMILES string of the molecule is CCNCc1ccc(C)cc1-c1ccc(F)cc1Cl. The zero-order valence-corrected chi connectivity index (χ0v) is 11.9. The van der Waals surface area contributed by atoms with Crippen LogP contribution in [0, 0.1) is 12.7 Å². The van der Waals surface area contributed by atoms with E-state index in [0.717, 1.165) is 29.8 Å². The third-order valence-electron chi connectivity index (χ3n) is 3.05. The summed E-state index contributed by atoms with van der Waals surface area (Å²) in [5.41, 5.74) is 4.27. The predicted octanol–water partition coefficient (Wildman–Crippen LogP) is 4.56. The third-order valence-corrected chi connectivity index (χ3v) is 3.36. The Morgan fingerprint density at radius 2 is 1.89 bits per heavy atom. The van der Waals surface area contributed by atoms with Crippen LogP contribution >= 0.6 is 11.6 Å². The summed E-state index contributed by atoms with van der Waals surface area (Å²) in [5.74, 6) is -0.311. The summed E-state index contributed by atoms with van der Waals surface area (Å²) in [6.07, 6.45) is 0. The van der Waals surface area contributed by atoms with Crippen LogP contribution in [0.3, 0.4) is 0 Å². The fraction of sp³-hybridized carbons (Fsp3) is 0.250. The Labute approximate surface area is 118 Å². The molecule has 0 aliphatic heterocycles. The van der Waals surface area contributed by atoms with E-state index in [1.807, 2.05) is 6.92 Å². The van der Waals surface area contributed by atoms with Crippen molar-refractivity contribution < 1.29 is 4.39 Å². The maximum absolute atomic E-state index is 13.1. The quantitative estimate of drug-likeness (QED) is 0.864. The molecule has 0 bridgehead atoms. The van der Waals surface area contributed by atoms with E-state index >= 15 is 0 Å². The highest BCUT2D eigenvalue weighted by atomic mass is 35.5. The van der Waals surface area contributed by atoms with Crippen molar-refractivity contribution in [2.75, 3.05) is 6.54 Å². The van der Waals surface area contributed by atoms with Gasteiger partial charge in [0, 0.05) is 12.1 Å². The maximum Gasteiger partial charge on any atom is 0.124 e. The number of hydrogen-bond acceptors (Lipinski definition) is 1. The van der Waals surface area contributed by atoms with Crippen LogP contribution in [-0.4, -0.2) is 6.54 Å². The molecular formula is C16H17ClFN. The van der Waals surface area contributed by atoms with E-state index in [0.29, 0.717) is 5.02 Å². The van der Waals surface area contributed by atoms with Crippen LogP contribution in [0.1, 0.15) is 18.1 Å². The second-order valence-electron chi connectivity index (χ2n) is 4.57. The Balaban J connectivity index is 2.49. The molecule has 1 N–H and O–H groups in total. The van der Waals surface area contributed by atoms with Gasteiger partial charge in [0.2, 0.25) is 0 Å². The molecule has 0 saturated carbocycles. The first-order valence-corrected chi connectivity index (χ1v) is 6.75. The van der Waals surface area contributed by atoms with Gasteiger partial charge >= 0.3 is 0 Å². The Bertz CT molecular complexity index is 581. The topological polar surface area (TPSA) is 12.0 Å². The lowest BCUT2D eigenvalue weighted by atomic mass is 9.97. The highest BCUT2D eigenvalue weighted by Crippen LogP contribution is 2.31. The van der Waals surface area contributed by atoms with Gasteiger partial charge in [0.05, 0.1) is 5.02 Å². The molecule has 0 amide bonds. The van der Waals surface area contributed by atoms with Gasteiger partial charge in [-0.15, -0.1) is 0 Å². The van der Waals surface area contributed by atoms with E-state index in [2.05, 4.69) is 30.4 Å².